The molecular weight excluding hydrogens is 292 g/mol. The number of H-pyrrole nitrogens is 1. The minimum atomic E-state index is -0.743. The molecule has 2 aromatic carbocycles. The summed E-state index contributed by atoms with van der Waals surface area (Å²) in [5, 5.41) is 24.1. The summed E-state index contributed by atoms with van der Waals surface area (Å²) in [7, 11) is 0. The van der Waals surface area contributed by atoms with Gasteiger partial charge in [-0.2, -0.15) is 0 Å². The van der Waals surface area contributed by atoms with E-state index in [0.29, 0.717) is 29.6 Å². The van der Waals surface area contributed by atoms with Crippen molar-refractivity contribution < 1.29 is 10.2 Å². The number of fused-ring (bicyclic) bond motifs is 1. The van der Waals surface area contributed by atoms with Crippen LogP contribution in [-0.2, 0) is 6.54 Å². The van der Waals surface area contributed by atoms with Crippen molar-refractivity contribution in [2.24, 2.45) is 0 Å². The van der Waals surface area contributed by atoms with Crippen LogP contribution < -0.4 is 10.9 Å². The fourth-order valence-corrected chi connectivity index (χ4v) is 2.61. The summed E-state index contributed by atoms with van der Waals surface area (Å²) in [6.07, 6.45) is -0.743. The van der Waals surface area contributed by atoms with Gasteiger partial charge in [0.1, 0.15) is 5.75 Å². The second-order valence-corrected chi connectivity index (χ2v) is 5.42. The Morgan fingerprint density at radius 3 is 2.61 bits per heavy atom. The largest absolute Gasteiger partial charge is 0.506 e. The highest BCUT2D eigenvalue weighted by Gasteiger charge is 2.13. The number of hydrogen-bond donors (Lipinski definition) is 4. The zero-order valence-electron chi connectivity index (χ0n) is 12.5. The van der Waals surface area contributed by atoms with E-state index in [1.165, 1.54) is 12.1 Å². The van der Waals surface area contributed by atoms with Gasteiger partial charge in [0.15, 0.2) is 0 Å². The molecule has 0 bridgehead atoms. The van der Waals surface area contributed by atoms with Crippen LogP contribution in [0.4, 0.5) is 0 Å². The Kier molecular flexibility index (Phi) is 4.41. The first-order chi connectivity index (χ1) is 11.1. The van der Waals surface area contributed by atoms with Gasteiger partial charge in [0.2, 0.25) is 5.56 Å². The van der Waals surface area contributed by atoms with E-state index in [2.05, 4.69) is 10.3 Å². The Bertz CT molecular complexity index is 859. The van der Waals surface area contributed by atoms with Gasteiger partial charge >= 0.3 is 0 Å². The molecule has 23 heavy (non-hydrogen) atoms. The lowest BCUT2D eigenvalue weighted by molar-refractivity contribution is 0.176. The number of aromatic hydroxyl groups is 1. The molecule has 0 saturated heterocycles. The SMILES string of the molecule is O=c1ccc2c([C@@H](O)CNCc3ccccc3)ccc(O)c2[nH]1. The second-order valence-electron chi connectivity index (χ2n) is 5.42. The van der Waals surface area contributed by atoms with E-state index in [1.807, 2.05) is 30.3 Å². The second kappa shape index (κ2) is 6.64. The number of rotatable bonds is 5. The molecule has 0 saturated carbocycles. The molecule has 1 heterocycles. The lowest BCUT2D eigenvalue weighted by atomic mass is 10.0. The summed E-state index contributed by atoms with van der Waals surface area (Å²) < 4.78 is 0. The maximum absolute atomic E-state index is 11.4. The Morgan fingerprint density at radius 1 is 1.04 bits per heavy atom. The van der Waals surface area contributed by atoms with Crippen LogP contribution in [0, 0.1) is 0 Å². The summed E-state index contributed by atoms with van der Waals surface area (Å²) in [6.45, 7) is 1.03. The van der Waals surface area contributed by atoms with Crippen LogP contribution in [0.15, 0.2) is 59.4 Å². The standard InChI is InChI=1S/C18H18N2O3/c21-15-8-6-13(14-7-9-17(23)20-18(14)15)16(22)11-19-10-12-4-2-1-3-5-12/h1-9,16,19,21-22H,10-11H2,(H,20,23)/t16-/m0/s1. The maximum atomic E-state index is 11.4. The van der Waals surface area contributed by atoms with Crippen molar-refractivity contribution in [3.05, 3.63) is 76.1 Å². The summed E-state index contributed by atoms with van der Waals surface area (Å²) in [5.74, 6) is -0.00843. The minimum Gasteiger partial charge on any atom is -0.506 e. The van der Waals surface area contributed by atoms with Crippen LogP contribution in [0.25, 0.3) is 10.9 Å². The molecule has 118 valence electrons. The topological polar surface area (TPSA) is 85.3 Å². The number of aromatic nitrogens is 1. The predicted octanol–water partition coefficient (Wildman–Crippen LogP) is 2.06. The van der Waals surface area contributed by atoms with Crippen molar-refractivity contribution in [3.8, 4) is 5.75 Å². The number of hydrogen-bond acceptors (Lipinski definition) is 4. The molecule has 0 unspecified atom stereocenters. The minimum absolute atomic E-state index is 0.00843. The van der Waals surface area contributed by atoms with E-state index in [0.717, 1.165) is 5.56 Å². The number of phenols is 1. The highest BCUT2D eigenvalue weighted by Crippen LogP contribution is 2.28. The molecule has 5 nitrogen and oxygen atoms in total. The van der Waals surface area contributed by atoms with Crippen molar-refractivity contribution in [1.82, 2.24) is 10.3 Å². The first-order valence-electron chi connectivity index (χ1n) is 7.43. The molecule has 0 aliphatic heterocycles. The maximum Gasteiger partial charge on any atom is 0.248 e. The molecule has 0 aliphatic carbocycles. The first kappa shape index (κ1) is 15.3. The molecular formula is C18H18N2O3. The van der Waals surface area contributed by atoms with Crippen molar-refractivity contribution in [3.63, 3.8) is 0 Å². The Morgan fingerprint density at radius 2 is 1.83 bits per heavy atom. The molecule has 0 aliphatic rings. The zero-order valence-corrected chi connectivity index (χ0v) is 12.5. The van der Waals surface area contributed by atoms with Crippen LogP contribution in [0.5, 0.6) is 5.75 Å². The van der Waals surface area contributed by atoms with Crippen LogP contribution in [-0.4, -0.2) is 21.7 Å². The quantitative estimate of drug-likeness (QED) is 0.581. The fourth-order valence-electron chi connectivity index (χ4n) is 2.61. The van der Waals surface area contributed by atoms with Gasteiger partial charge in [-0.25, -0.2) is 0 Å². The molecule has 1 aromatic heterocycles. The summed E-state index contributed by atoms with van der Waals surface area (Å²) in [6, 6.07) is 16.1. The number of benzene rings is 2. The monoisotopic (exact) mass is 310 g/mol. The van der Waals surface area contributed by atoms with Gasteiger partial charge in [-0.3, -0.25) is 4.79 Å². The van der Waals surface area contributed by atoms with Crippen molar-refractivity contribution in [2.45, 2.75) is 12.6 Å². The highest BCUT2D eigenvalue weighted by atomic mass is 16.3. The third-order valence-corrected chi connectivity index (χ3v) is 3.78. The predicted molar refractivity (Wildman–Crippen MR) is 89.3 cm³/mol. The van der Waals surface area contributed by atoms with Gasteiger partial charge in [-0.1, -0.05) is 36.4 Å². The number of nitrogens with one attached hydrogen (secondary N) is 2. The van der Waals surface area contributed by atoms with E-state index >= 15 is 0 Å². The average Bonchev–Trinajstić information content (AvgIpc) is 2.56. The lowest BCUT2D eigenvalue weighted by Gasteiger charge is -2.15. The van der Waals surface area contributed by atoms with E-state index in [4.69, 9.17) is 0 Å². The van der Waals surface area contributed by atoms with Crippen LogP contribution in [0.1, 0.15) is 17.2 Å². The lowest BCUT2D eigenvalue weighted by Crippen LogP contribution is -2.21. The van der Waals surface area contributed by atoms with E-state index in [-0.39, 0.29) is 11.3 Å². The smallest absolute Gasteiger partial charge is 0.248 e. The van der Waals surface area contributed by atoms with Gasteiger partial charge in [-0.05, 0) is 23.3 Å². The fraction of sp³-hybridized carbons (Fsp3) is 0.167. The number of phenolic OH excluding ortho intramolecular Hbond substituents is 1. The van der Waals surface area contributed by atoms with Crippen molar-refractivity contribution >= 4 is 10.9 Å². The Labute approximate surface area is 133 Å². The number of pyridine rings is 1. The van der Waals surface area contributed by atoms with Crippen LogP contribution in [0.2, 0.25) is 0 Å². The van der Waals surface area contributed by atoms with Gasteiger partial charge in [0, 0.05) is 24.5 Å². The third-order valence-electron chi connectivity index (χ3n) is 3.78. The van der Waals surface area contributed by atoms with E-state index < -0.39 is 6.10 Å². The zero-order chi connectivity index (χ0) is 16.2. The summed E-state index contributed by atoms with van der Waals surface area (Å²) in [5.41, 5.74) is 1.85. The summed E-state index contributed by atoms with van der Waals surface area (Å²) >= 11 is 0. The molecule has 5 heteroatoms. The Hall–Kier alpha value is -2.63. The highest BCUT2D eigenvalue weighted by molar-refractivity contribution is 5.87. The van der Waals surface area contributed by atoms with E-state index in [1.54, 1.807) is 12.1 Å². The van der Waals surface area contributed by atoms with Gasteiger partial charge in [0.25, 0.3) is 0 Å². The number of aliphatic hydroxyl groups is 1. The average molecular weight is 310 g/mol. The van der Waals surface area contributed by atoms with Crippen molar-refractivity contribution in [1.29, 1.82) is 0 Å². The molecule has 0 spiro atoms. The Balaban J connectivity index is 1.77. The first-order valence-corrected chi connectivity index (χ1v) is 7.43. The van der Waals surface area contributed by atoms with Gasteiger partial charge < -0.3 is 20.5 Å². The van der Waals surface area contributed by atoms with Gasteiger partial charge in [0.05, 0.1) is 11.6 Å². The molecule has 1 atom stereocenters. The summed E-state index contributed by atoms with van der Waals surface area (Å²) in [4.78, 5) is 14.0. The molecule has 0 radical (unpaired) electrons. The molecule has 0 amide bonds. The van der Waals surface area contributed by atoms with Gasteiger partial charge in [-0.15, -0.1) is 0 Å². The van der Waals surface area contributed by atoms with Crippen molar-refractivity contribution in [2.75, 3.05) is 6.54 Å². The van der Waals surface area contributed by atoms with Crippen LogP contribution in [0.3, 0.4) is 0 Å². The molecule has 4 N–H and O–H groups in total. The number of aliphatic hydroxyl groups excluding tert-OH is 1. The molecule has 0 fully saturated rings. The van der Waals surface area contributed by atoms with E-state index in [9.17, 15) is 15.0 Å². The third kappa shape index (κ3) is 3.41. The number of aromatic amines is 1. The molecule has 3 rings (SSSR count). The van der Waals surface area contributed by atoms with Crippen LogP contribution >= 0.6 is 0 Å². The molecule has 3 aromatic rings. The normalized spacial score (nSPS) is 12.4.